The number of aromatic nitrogens is 1. The molecule has 16 heavy (non-hydrogen) atoms. The highest BCUT2D eigenvalue weighted by molar-refractivity contribution is 7.11. The summed E-state index contributed by atoms with van der Waals surface area (Å²) in [5.74, 6) is 0. The molecule has 2 saturated heterocycles. The first-order valence-corrected chi connectivity index (χ1v) is 6.80. The molecular formula is C12H18N2OS. The normalized spacial score (nSPS) is 37.1. The maximum absolute atomic E-state index is 6.01. The minimum Gasteiger partial charge on any atom is -0.374 e. The second-order valence-electron chi connectivity index (χ2n) is 5.12. The van der Waals surface area contributed by atoms with Crippen LogP contribution >= 0.6 is 11.3 Å². The third-order valence-electron chi connectivity index (χ3n) is 4.03. The van der Waals surface area contributed by atoms with Gasteiger partial charge in [0, 0.05) is 23.0 Å². The van der Waals surface area contributed by atoms with Crippen LogP contribution in [0.25, 0.3) is 0 Å². The van der Waals surface area contributed by atoms with Gasteiger partial charge in [0.25, 0.3) is 0 Å². The van der Waals surface area contributed by atoms with E-state index < -0.39 is 0 Å². The summed E-state index contributed by atoms with van der Waals surface area (Å²) < 4.78 is 5.96. The molecule has 2 aliphatic heterocycles. The number of hydrogen-bond acceptors (Lipinski definition) is 4. The fourth-order valence-electron chi connectivity index (χ4n) is 3.20. The van der Waals surface area contributed by atoms with E-state index in [0.29, 0.717) is 12.2 Å². The van der Waals surface area contributed by atoms with Crippen molar-refractivity contribution in [2.24, 2.45) is 11.1 Å². The highest BCUT2D eigenvalue weighted by Gasteiger charge is 2.51. The summed E-state index contributed by atoms with van der Waals surface area (Å²) in [5, 5.41) is 1.14. The molecule has 0 aromatic carbocycles. The molecule has 3 rings (SSSR count). The van der Waals surface area contributed by atoms with Gasteiger partial charge in [-0.05, 0) is 32.6 Å². The minimum absolute atomic E-state index is 0.196. The van der Waals surface area contributed by atoms with E-state index in [0.717, 1.165) is 24.4 Å². The fourth-order valence-corrected chi connectivity index (χ4v) is 4.15. The molecule has 2 fully saturated rings. The number of ether oxygens (including phenoxy) is 1. The third-order valence-corrected chi connectivity index (χ3v) is 4.94. The van der Waals surface area contributed by atoms with Crippen LogP contribution in [0.2, 0.25) is 0 Å². The van der Waals surface area contributed by atoms with Crippen molar-refractivity contribution in [3.8, 4) is 0 Å². The maximum Gasteiger partial charge on any atom is 0.0896 e. The van der Waals surface area contributed by atoms with Gasteiger partial charge in [0.15, 0.2) is 0 Å². The molecule has 1 aromatic heterocycles. The first-order chi connectivity index (χ1) is 7.72. The Morgan fingerprint density at radius 3 is 3.00 bits per heavy atom. The largest absolute Gasteiger partial charge is 0.374 e. The lowest BCUT2D eigenvalue weighted by atomic mass is 9.71. The van der Waals surface area contributed by atoms with Gasteiger partial charge in [-0.3, -0.25) is 0 Å². The highest BCUT2D eigenvalue weighted by Crippen LogP contribution is 2.49. The summed E-state index contributed by atoms with van der Waals surface area (Å²) in [6.45, 7) is 2.80. The van der Waals surface area contributed by atoms with Crippen LogP contribution in [-0.4, -0.2) is 23.7 Å². The average Bonchev–Trinajstić information content (AvgIpc) is 2.94. The van der Waals surface area contributed by atoms with E-state index in [1.165, 1.54) is 17.7 Å². The molecule has 3 unspecified atom stereocenters. The summed E-state index contributed by atoms with van der Waals surface area (Å²) in [6, 6.07) is 0. The van der Waals surface area contributed by atoms with E-state index in [-0.39, 0.29) is 5.41 Å². The van der Waals surface area contributed by atoms with Gasteiger partial charge in [0.1, 0.15) is 0 Å². The number of aryl methyl sites for hydroxylation is 1. The Morgan fingerprint density at radius 1 is 1.62 bits per heavy atom. The van der Waals surface area contributed by atoms with Crippen molar-refractivity contribution in [1.29, 1.82) is 0 Å². The number of nitrogens with zero attached hydrogens (tertiary/aromatic N) is 1. The lowest BCUT2D eigenvalue weighted by Crippen LogP contribution is -2.41. The summed E-state index contributed by atoms with van der Waals surface area (Å²) >= 11 is 1.79. The molecule has 1 aromatic rings. The van der Waals surface area contributed by atoms with Crippen molar-refractivity contribution in [1.82, 2.24) is 4.98 Å². The first-order valence-electron chi connectivity index (χ1n) is 5.99. The van der Waals surface area contributed by atoms with Gasteiger partial charge < -0.3 is 10.5 Å². The molecule has 0 saturated carbocycles. The molecule has 0 aliphatic carbocycles. The fraction of sp³-hybridized carbons (Fsp3) is 0.750. The molecule has 0 spiro atoms. The summed E-state index contributed by atoms with van der Waals surface area (Å²) in [7, 11) is 0. The van der Waals surface area contributed by atoms with Crippen molar-refractivity contribution in [2.75, 3.05) is 6.54 Å². The van der Waals surface area contributed by atoms with Gasteiger partial charge in [-0.2, -0.15) is 0 Å². The van der Waals surface area contributed by atoms with Crippen LogP contribution in [0.15, 0.2) is 6.20 Å². The lowest BCUT2D eigenvalue weighted by molar-refractivity contribution is 0.0639. The van der Waals surface area contributed by atoms with Crippen LogP contribution in [0.3, 0.4) is 0 Å². The predicted molar refractivity (Wildman–Crippen MR) is 64.6 cm³/mol. The Hall–Kier alpha value is -0.450. The Labute approximate surface area is 100 Å². The smallest absolute Gasteiger partial charge is 0.0896 e. The van der Waals surface area contributed by atoms with Crippen molar-refractivity contribution in [2.45, 2.75) is 44.8 Å². The molecule has 2 bridgehead atoms. The Kier molecular flexibility index (Phi) is 2.53. The van der Waals surface area contributed by atoms with Crippen LogP contribution in [0.4, 0.5) is 0 Å². The first kappa shape index (κ1) is 10.7. The molecule has 3 nitrogen and oxygen atoms in total. The molecule has 0 radical (unpaired) electrons. The maximum atomic E-state index is 6.01. The van der Waals surface area contributed by atoms with Crippen LogP contribution in [-0.2, 0) is 11.2 Å². The van der Waals surface area contributed by atoms with Gasteiger partial charge in [0.05, 0.1) is 17.2 Å². The number of thiazole rings is 1. The van der Waals surface area contributed by atoms with E-state index in [2.05, 4.69) is 11.9 Å². The van der Waals surface area contributed by atoms with Crippen molar-refractivity contribution < 1.29 is 4.74 Å². The van der Waals surface area contributed by atoms with E-state index >= 15 is 0 Å². The Bertz CT molecular complexity index is 392. The summed E-state index contributed by atoms with van der Waals surface area (Å²) in [4.78, 5) is 5.68. The molecule has 3 atom stereocenters. The Morgan fingerprint density at radius 2 is 2.50 bits per heavy atom. The Balaban J connectivity index is 1.81. The zero-order valence-corrected chi connectivity index (χ0v) is 10.4. The van der Waals surface area contributed by atoms with Crippen molar-refractivity contribution in [3.05, 3.63) is 16.1 Å². The summed E-state index contributed by atoms with van der Waals surface area (Å²) in [5.41, 5.74) is 6.21. The zero-order valence-electron chi connectivity index (χ0n) is 9.61. The number of rotatable bonds is 3. The third kappa shape index (κ3) is 1.60. The van der Waals surface area contributed by atoms with Gasteiger partial charge in [-0.15, -0.1) is 11.3 Å². The molecule has 4 heteroatoms. The topological polar surface area (TPSA) is 48.1 Å². The highest BCUT2D eigenvalue weighted by atomic mass is 32.1. The number of fused-ring (bicyclic) bond motifs is 2. The number of hydrogen-bond donors (Lipinski definition) is 1. The van der Waals surface area contributed by atoms with Gasteiger partial charge in [-0.1, -0.05) is 0 Å². The van der Waals surface area contributed by atoms with E-state index in [1.54, 1.807) is 11.3 Å². The molecular weight excluding hydrogens is 220 g/mol. The van der Waals surface area contributed by atoms with Crippen molar-refractivity contribution in [3.63, 3.8) is 0 Å². The predicted octanol–water partition coefficient (Wildman–Crippen LogP) is 1.89. The second-order valence-corrected chi connectivity index (χ2v) is 6.44. The van der Waals surface area contributed by atoms with Crippen LogP contribution in [0.1, 0.15) is 29.1 Å². The second kappa shape index (κ2) is 3.79. The molecule has 88 valence electrons. The quantitative estimate of drug-likeness (QED) is 0.875. The van der Waals surface area contributed by atoms with Gasteiger partial charge in [0.2, 0.25) is 0 Å². The van der Waals surface area contributed by atoms with Gasteiger partial charge in [-0.25, -0.2) is 4.98 Å². The lowest BCUT2D eigenvalue weighted by Gasteiger charge is -2.33. The molecule has 0 amide bonds. The van der Waals surface area contributed by atoms with Crippen molar-refractivity contribution >= 4 is 11.3 Å². The standard InChI is InChI=1S/C12H18N2OS/c1-8-14-6-10(16-8)5-12(7-13)4-9-2-3-11(12)15-9/h6,9,11H,2-5,7,13H2,1H3. The van der Waals surface area contributed by atoms with E-state index in [9.17, 15) is 0 Å². The monoisotopic (exact) mass is 238 g/mol. The number of nitrogens with two attached hydrogens (primary N) is 1. The van der Waals surface area contributed by atoms with Crippen LogP contribution in [0, 0.1) is 12.3 Å². The van der Waals surface area contributed by atoms with E-state index in [1.807, 2.05) is 6.20 Å². The van der Waals surface area contributed by atoms with E-state index in [4.69, 9.17) is 10.5 Å². The van der Waals surface area contributed by atoms with Crippen LogP contribution in [0.5, 0.6) is 0 Å². The summed E-state index contributed by atoms with van der Waals surface area (Å²) in [6.07, 6.45) is 7.49. The van der Waals surface area contributed by atoms with Gasteiger partial charge >= 0.3 is 0 Å². The molecule has 2 N–H and O–H groups in total. The SMILES string of the molecule is Cc1ncc(CC2(CN)CC3CCC2O3)s1. The average molecular weight is 238 g/mol. The van der Waals surface area contributed by atoms with Crippen LogP contribution < -0.4 is 5.73 Å². The minimum atomic E-state index is 0.196. The zero-order chi connectivity index (χ0) is 11.2. The molecule has 2 aliphatic rings. The molecule has 3 heterocycles.